The molecule has 0 aliphatic rings. The smallest absolute Gasteiger partial charge is 0.309 e. The number of Topliss-reactive ketones (excluding diaryl/α,β-unsaturated/α-hetero) is 1. The highest BCUT2D eigenvalue weighted by molar-refractivity contribution is 5.90. The highest BCUT2D eigenvalue weighted by Gasteiger charge is 2.39. The van der Waals surface area contributed by atoms with E-state index in [1.807, 2.05) is 48.5 Å². The molecule has 0 aromatic heterocycles. The standard InChI is InChI=1S/C26H50N2O5/c1-13-18(6)24(21(32-12)15-22(30)33-26(7,8)9)28(11)25(31)19(16(2)3)14-20(29)23(27-10)17(4)5/h16-19,21,23-24,27H,13-15H2,1-12H3/t18-,19-,21+,23-,24-/m0/s1. The fourth-order valence-corrected chi connectivity index (χ4v) is 4.36. The average molecular weight is 471 g/mol. The molecule has 5 atom stereocenters. The molecule has 1 amide bonds. The van der Waals surface area contributed by atoms with Crippen LogP contribution in [0.1, 0.15) is 81.6 Å². The van der Waals surface area contributed by atoms with Crippen molar-refractivity contribution in [1.29, 1.82) is 0 Å². The van der Waals surface area contributed by atoms with E-state index in [1.165, 1.54) is 0 Å². The normalized spacial score (nSPS) is 16.8. The molecule has 0 unspecified atom stereocenters. The van der Waals surface area contributed by atoms with E-state index in [9.17, 15) is 14.4 Å². The molecule has 0 bridgehead atoms. The summed E-state index contributed by atoms with van der Waals surface area (Å²) in [5.74, 6) is -0.606. The Kier molecular flexibility index (Phi) is 13.4. The first-order chi connectivity index (χ1) is 15.1. The Labute approximate surface area is 202 Å². The van der Waals surface area contributed by atoms with Crippen molar-refractivity contribution < 1.29 is 23.9 Å². The zero-order valence-corrected chi connectivity index (χ0v) is 23.2. The van der Waals surface area contributed by atoms with Gasteiger partial charge >= 0.3 is 5.97 Å². The van der Waals surface area contributed by atoms with Crippen LogP contribution >= 0.6 is 0 Å². The molecule has 0 fully saturated rings. The van der Waals surface area contributed by atoms with Gasteiger partial charge in [-0.2, -0.15) is 0 Å². The Morgan fingerprint density at radius 1 is 0.970 bits per heavy atom. The minimum Gasteiger partial charge on any atom is -0.460 e. The van der Waals surface area contributed by atoms with E-state index >= 15 is 0 Å². The SMILES string of the molecule is CC[C@H](C)[C@@H]([C@@H](CC(=O)OC(C)(C)C)OC)N(C)C(=O)[C@@H](CC(=O)[C@@H](NC)C(C)C)C(C)C. The Morgan fingerprint density at radius 2 is 1.52 bits per heavy atom. The van der Waals surface area contributed by atoms with Crippen molar-refractivity contribution in [2.24, 2.45) is 23.7 Å². The number of hydrogen-bond acceptors (Lipinski definition) is 6. The number of likely N-dealkylation sites (N-methyl/N-ethyl adjacent to an activating group) is 2. The number of rotatable bonds is 14. The molecule has 7 heteroatoms. The largest absolute Gasteiger partial charge is 0.460 e. The summed E-state index contributed by atoms with van der Waals surface area (Å²) in [6.07, 6.45) is 0.548. The van der Waals surface area contributed by atoms with Crippen molar-refractivity contribution >= 4 is 17.7 Å². The van der Waals surface area contributed by atoms with Gasteiger partial charge in [0, 0.05) is 26.5 Å². The molecule has 0 aromatic carbocycles. The van der Waals surface area contributed by atoms with E-state index in [0.29, 0.717) is 0 Å². The monoisotopic (exact) mass is 470 g/mol. The number of nitrogens with zero attached hydrogens (tertiary/aromatic N) is 1. The van der Waals surface area contributed by atoms with Crippen molar-refractivity contribution in [2.75, 3.05) is 21.2 Å². The molecule has 0 saturated heterocycles. The lowest BCUT2D eigenvalue weighted by Crippen LogP contribution is -2.53. The van der Waals surface area contributed by atoms with E-state index in [4.69, 9.17) is 9.47 Å². The van der Waals surface area contributed by atoms with Gasteiger partial charge in [-0.1, -0.05) is 48.0 Å². The van der Waals surface area contributed by atoms with E-state index < -0.39 is 17.6 Å². The molecule has 7 nitrogen and oxygen atoms in total. The van der Waals surface area contributed by atoms with Gasteiger partial charge in [0.15, 0.2) is 5.78 Å². The summed E-state index contributed by atoms with van der Waals surface area (Å²) in [5.41, 5.74) is -0.591. The highest BCUT2D eigenvalue weighted by atomic mass is 16.6. The van der Waals surface area contributed by atoms with Crippen LogP contribution in [0.25, 0.3) is 0 Å². The van der Waals surface area contributed by atoms with Gasteiger partial charge in [-0.25, -0.2) is 0 Å². The number of hydrogen-bond donors (Lipinski definition) is 1. The molecule has 33 heavy (non-hydrogen) atoms. The Morgan fingerprint density at radius 3 is 1.88 bits per heavy atom. The number of nitrogens with one attached hydrogen (secondary N) is 1. The molecule has 0 aliphatic carbocycles. The van der Waals surface area contributed by atoms with Crippen molar-refractivity contribution in [3.63, 3.8) is 0 Å². The molecule has 0 heterocycles. The predicted molar refractivity (Wildman–Crippen MR) is 133 cm³/mol. The molecule has 0 radical (unpaired) electrons. The topological polar surface area (TPSA) is 84.9 Å². The van der Waals surface area contributed by atoms with E-state index in [-0.39, 0.29) is 60.3 Å². The second-order valence-electron chi connectivity index (χ2n) is 10.9. The number of esters is 1. The van der Waals surface area contributed by atoms with Gasteiger partial charge in [0.25, 0.3) is 0 Å². The van der Waals surface area contributed by atoms with Crippen LogP contribution < -0.4 is 5.32 Å². The van der Waals surface area contributed by atoms with Crippen LogP contribution in [0.2, 0.25) is 0 Å². The first-order valence-electron chi connectivity index (χ1n) is 12.3. The van der Waals surface area contributed by atoms with Crippen LogP contribution in [0.3, 0.4) is 0 Å². The molecular formula is C26H50N2O5. The average Bonchev–Trinajstić information content (AvgIpc) is 2.68. The summed E-state index contributed by atoms with van der Waals surface area (Å²) in [4.78, 5) is 40.9. The fourth-order valence-electron chi connectivity index (χ4n) is 4.36. The molecule has 0 spiro atoms. The summed E-state index contributed by atoms with van der Waals surface area (Å²) in [7, 11) is 5.10. The fraction of sp³-hybridized carbons (Fsp3) is 0.885. The number of amides is 1. The zero-order valence-electron chi connectivity index (χ0n) is 23.2. The quantitative estimate of drug-likeness (QED) is 0.385. The Bertz CT molecular complexity index is 627. The summed E-state index contributed by atoms with van der Waals surface area (Å²) in [5, 5.41) is 3.09. The predicted octanol–water partition coefficient (Wildman–Crippen LogP) is 4.08. The lowest BCUT2D eigenvalue weighted by atomic mass is 9.84. The van der Waals surface area contributed by atoms with E-state index in [1.54, 1.807) is 26.1 Å². The van der Waals surface area contributed by atoms with Crippen molar-refractivity contribution in [1.82, 2.24) is 10.2 Å². The van der Waals surface area contributed by atoms with Crippen LogP contribution in [-0.4, -0.2) is 67.6 Å². The molecule has 0 aliphatic heterocycles. The Hall–Kier alpha value is -1.47. The number of ketones is 1. The summed E-state index contributed by atoms with van der Waals surface area (Å²) < 4.78 is 11.2. The molecule has 0 rings (SSSR count). The minimum absolute atomic E-state index is 0.00185. The second kappa shape index (κ2) is 14.1. The van der Waals surface area contributed by atoms with Crippen LogP contribution in [0.4, 0.5) is 0 Å². The zero-order chi connectivity index (χ0) is 26.1. The highest BCUT2D eigenvalue weighted by Crippen LogP contribution is 2.27. The van der Waals surface area contributed by atoms with Crippen LogP contribution in [0.15, 0.2) is 0 Å². The third-order valence-corrected chi connectivity index (χ3v) is 6.36. The first-order valence-corrected chi connectivity index (χ1v) is 12.3. The second-order valence-corrected chi connectivity index (χ2v) is 10.9. The number of carbonyl (C=O) groups excluding carboxylic acids is 3. The molecule has 194 valence electrons. The van der Waals surface area contributed by atoms with Crippen molar-refractivity contribution in [2.45, 2.75) is 105 Å². The number of methoxy groups -OCH3 is 1. The number of ether oxygens (including phenoxy) is 2. The summed E-state index contributed by atoms with van der Waals surface area (Å²) in [6, 6.07) is -0.602. The van der Waals surface area contributed by atoms with Crippen LogP contribution in [-0.2, 0) is 23.9 Å². The van der Waals surface area contributed by atoms with Crippen molar-refractivity contribution in [3.8, 4) is 0 Å². The lowest BCUT2D eigenvalue weighted by Gasteiger charge is -2.40. The van der Waals surface area contributed by atoms with Gasteiger partial charge in [-0.05, 0) is 45.6 Å². The van der Waals surface area contributed by atoms with Gasteiger partial charge < -0.3 is 19.7 Å². The van der Waals surface area contributed by atoms with Gasteiger partial charge in [0.2, 0.25) is 5.91 Å². The van der Waals surface area contributed by atoms with E-state index in [0.717, 1.165) is 6.42 Å². The maximum absolute atomic E-state index is 13.7. The molecule has 0 saturated carbocycles. The van der Waals surface area contributed by atoms with Crippen LogP contribution in [0, 0.1) is 23.7 Å². The maximum atomic E-state index is 13.7. The molecule has 1 N–H and O–H groups in total. The number of carbonyl (C=O) groups is 3. The molecule has 0 aromatic rings. The van der Waals surface area contributed by atoms with Gasteiger partial charge in [0.1, 0.15) is 5.60 Å². The van der Waals surface area contributed by atoms with Crippen LogP contribution in [0.5, 0.6) is 0 Å². The lowest BCUT2D eigenvalue weighted by molar-refractivity contribution is -0.161. The van der Waals surface area contributed by atoms with E-state index in [2.05, 4.69) is 19.2 Å². The van der Waals surface area contributed by atoms with Gasteiger partial charge in [0.05, 0.1) is 24.6 Å². The van der Waals surface area contributed by atoms with Gasteiger partial charge in [-0.15, -0.1) is 0 Å². The van der Waals surface area contributed by atoms with Crippen molar-refractivity contribution in [3.05, 3.63) is 0 Å². The first kappa shape index (κ1) is 31.5. The van der Waals surface area contributed by atoms with Gasteiger partial charge in [-0.3, -0.25) is 14.4 Å². The Balaban J connectivity index is 5.83. The third-order valence-electron chi connectivity index (χ3n) is 6.36. The maximum Gasteiger partial charge on any atom is 0.309 e. The third kappa shape index (κ3) is 10.1. The summed E-state index contributed by atoms with van der Waals surface area (Å²) >= 11 is 0. The molecular weight excluding hydrogens is 420 g/mol. The minimum atomic E-state index is -0.591. The summed E-state index contributed by atoms with van der Waals surface area (Å²) in [6.45, 7) is 17.5.